The van der Waals surface area contributed by atoms with Crippen LogP contribution < -0.4 is 0 Å². The van der Waals surface area contributed by atoms with Crippen LogP contribution >= 0.6 is 0 Å². The number of hydrogen-bond acceptors (Lipinski definition) is 3. The van der Waals surface area contributed by atoms with E-state index < -0.39 is 0 Å². The highest BCUT2D eigenvalue weighted by Gasteiger charge is 2.38. The van der Waals surface area contributed by atoms with E-state index in [1.165, 1.54) is 26.4 Å². The van der Waals surface area contributed by atoms with Crippen molar-refractivity contribution in [2.24, 2.45) is 5.41 Å². The van der Waals surface area contributed by atoms with Gasteiger partial charge in [0.1, 0.15) is 0 Å². The van der Waals surface area contributed by atoms with Gasteiger partial charge in [-0.05, 0) is 19.3 Å². The van der Waals surface area contributed by atoms with E-state index in [1.807, 2.05) is 0 Å². The Bertz CT molecular complexity index is 200. The molecule has 0 heterocycles. The summed E-state index contributed by atoms with van der Waals surface area (Å²) in [5.74, 6) is -0.0357. The Balaban J connectivity index is 2.68. The number of carbonyl (C=O) groups excluding carboxylic acids is 1. The Kier molecular flexibility index (Phi) is 5.81. The van der Waals surface area contributed by atoms with Crippen LogP contribution in [0.2, 0.25) is 0 Å². The van der Waals surface area contributed by atoms with E-state index in [4.69, 9.17) is 9.47 Å². The first-order chi connectivity index (χ1) is 7.75. The fourth-order valence-electron chi connectivity index (χ4n) is 2.65. The second-order valence-electron chi connectivity index (χ2n) is 4.78. The molecule has 1 aliphatic rings. The molecule has 3 nitrogen and oxygen atoms in total. The third-order valence-corrected chi connectivity index (χ3v) is 3.71. The molecule has 0 spiro atoms. The maximum Gasteiger partial charge on any atom is 0.311 e. The van der Waals surface area contributed by atoms with Crippen LogP contribution in [0.4, 0.5) is 0 Å². The lowest BCUT2D eigenvalue weighted by atomic mass is 9.74. The molecule has 0 atom stereocenters. The molecule has 0 N–H and O–H groups in total. The van der Waals surface area contributed by atoms with Crippen molar-refractivity contribution in [3.63, 3.8) is 0 Å². The molecule has 1 rings (SSSR count). The second-order valence-corrected chi connectivity index (χ2v) is 4.78. The average molecular weight is 228 g/mol. The van der Waals surface area contributed by atoms with Gasteiger partial charge in [0, 0.05) is 13.7 Å². The van der Waals surface area contributed by atoms with Gasteiger partial charge in [-0.1, -0.05) is 32.1 Å². The standard InChI is InChI=1S/C13H24O3/c1-15-11-10-13(12(14)16-2)8-6-4-3-5-7-9-13/h3-11H2,1-2H3. The highest BCUT2D eigenvalue weighted by atomic mass is 16.5. The highest BCUT2D eigenvalue weighted by molar-refractivity contribution is 5.76. The first-order valence-corrected chi connectivity index (χ1v) is 6.32. The quantitative estimate of drug-likeness (QED) is 0.694. The zero-order chi connectivity index (χ0) is 11.9. The molecule has 0 radical (unpaired) electrons. The van der Waals surface area contributed by atoms with Crippen LogP contribution in [0.5, 0.6) is 0 Å². The van der Waals surface area contributed by atoms with Gasteiger partial charge in [0.2, 0.25) is 0 Å². The minimum atomic E-state index is -0.273. The fourth-order valence-corrected chi connectivity index (χ4v) is 2.65. The van der Waals surface area contributed by atoms with Crippen molar-refractivity contribution < 1.29 is 14.3 Å². The number of carbonyl (C=O) groups is 1. The van der Waals surface area contributed by atoms with Crippen LogP contribution in [0.15, 0.2) is 0 Å². The van der Waals surface area contributed by atoms with E-state index in [-0.39, 0.29) is 11.4 Å². The molecule has 94 valence electrons. The largest absolute Gasteiger partial charge is 0.469 e. The maximum absolute atomic E-state index is 12.0. The summed E-state index contributed by atoms with van der Waals surface area (Å²) in [6.07, 6.45) is 8.79. The third-order valence-electron chi connectivity index (χ3n) is 3.71. The monoisotopic (exact) mass is 228 g/mol. The number of ether oxygens (including phenoxy) is 2. The van der Waals surface area contributed by atoms with Crippen molar-refractivity contribution in [2.45, 2.75) is 51.4 Å². The van der Waals surface area contributed by atoms with E-state index >= 15 is 0 Å². The number of rotatable bonds is 4. The van der Waals surface area contributed by atoms with Crippen molar-refractivity contribution in [1.82, 2.24) is 0 Å². The Hall–Kier alpha value is -0.570. The third kappa shape index (κ3) is 3.48. The summed E-state index contributed by atoms with van der Waals surface area (Å²) < 4.78 is 10.1. The zero-order valence-corrected chi connectivity index (χ0v) is 10.6. The topological polar surface area (TPSA) is 35.5 Å². The lowest BCUT2D eigenvalue weighted by Gasteiger charge is -2.32. The second kappa shape index (κ2) is 6.89. The minimum Gasteiger partial charge on any atom is -0.469 e. The lowest BCUT2D eigenvalue weighted by Crippen LogP contribution is -2.34. The Morgan fingerprint density at radius 2 is 1.62 bits per heavy atom. The predicted octanol–water partition coefficient (Wildman–Crippen LogP) is 2.93. The van der Waals surface area contributed by atoms with Crippen LogP contribution in [0, 0.1) is 5.41 Å². The lowest BCUT2D eigenvalue weighted by molar-refractivity contribution is -0.155. The number of methoxy groups -OCH3 is 2. The molecule has 3 heteroatoms. The smallest absolute Gasteiger partial charge is 0.311 e. The van der Waals surface area contributed by atoms with E-state index in [1.54, 1.807) is 7.11 Å². The van der Waals surface area contributed by atoms with E-state index in [2.05, 4.69) is 0 Å². The summed E-state index contributed by atoms with van der Waals surface area (Å²) in [5.41, 5.74) is -0.273. The molecule has 0 amide bonds. The van der Waals surface area contributed by atoms with Gasteiger partial charge in [-0.25, -0.2) is 0 Å². The van der Waals surface area contributed by atoms with Crippen molar-refractivity contribution in [1.29, 1.82) is 0 Å². The van der Waals surface area contributed by atoms with Crippen LogP contribution in [0.1, 0.15) is 51.4 Å². The van der Waals surface area contributed by atoms with Gasteiger partial charge in [0.15, 0.2) is 0 Å². The van der Waals surface area contributed by atoms with Crippen molar-refractivity contribution >= 4 is 5.97 Å². The summed E-state index contributed by atoms with van der Waals surface area (Å²) in [4.78, 5) is 12.0. The summed E-state index contributed by atoms with van der Waals surface area (Å²) in [6, 6.07) is 0. The molecular weight excluding hydrogens is 204 g/mol. The van der Waals surface area contributed by atoms with Crippen molar-refractivity contribution in [3.05, 3.63) is 0 Å². The van der Waals surface area contributed by atoms with Crippen LogP contribution in [-0.2, 0) is 14.3 Å². The summed E-state index contributed by atoms with van der Waals surface area (Å²) in [7, 11) is 3.18. The Morgan fingerprint density at radius 3 is 2.12 bits per heavy atom. The molecule has 0 aromatic carbocycles. The van der Waals surface area contributed by atoms with Crippen molar-refractivity contribution in [3.8, 4) is 0 Å². The van der Waals surface area contributed by atoms with Gasteiger partial charge in [-0.2, -0.15) is 0 Å². The molecule has 0 aromatic rings. The molecule has 0 aromatic heterocycles. The fraction of sp³-hybridized carbons (Fsp3) is 0.923. The summed E-state index contributed by atoms with van der Waals surface area (Å²) >= 11 is 0. The molecular formula is C13H24O3. The van der Waals surface area contributed by atoms with Gasteiger partial charge in [0.05, 0.1) is 12.5 Å². The van der Waals surface area contributed by atoms with Gasteiger partial charge in [-0.15, -0.1) is 0 Å². The number of esters is 1. The first kappa shape index (κ1) is 13.5. The molecule has 0 bridgehead atoms. The summed E-state index contributed by atoms with van der Waals surface area (Å²) in [5, 5.41) is 0. The normalized spacial score (nSPS) is 20.9. The van der Waals surface area contributed by atoms with Gasteiger partial charge >= 0.3 is 5.97 Å². The Morgan fingerprint density at radius 1 is 1.06 bits per heavy atom. The summed E-state index contributed by atoms with van der Waals surface area (Å²) in [6.45, 7) is 0.648. The van der Waals surface area contributed by atoms with Gasteiger partial charge < -0.3 is 9.47 Å². The Labute approximate surface area is 98.5 Å². The predicted molar refractivity (Wildman–Crippen MR) is 63.3 cm³/mol. The maximum atomic E-state index is 12.0. The average Bonchev–Trinajstić information content (AvgIpc) is 2.27. The molecule has 1 fully saturated rings. The van der Waals surface area contributed by atoms with Crippen LogP contribution in [0.3, 0.4) is 0 Å². The molecule has 0 unspecified atom stereocenters. The van der Waals surface area contributed by atoms with E-state index in [0.29, 0.717) is 6.61 Å². The first-order valence-electron chi connectivity index (χ1n) is 6.32. The molecule has 0 aliphatic heterocycles. The highest BCUT2D eigenvalue weighted by Crippen LogP contribution is 2.38. The SMILES string of the molecule is COCCC1(C(=O)OC)CCCCCCC1. The molecule has 1 aliphatic carbocycles. The minimum absolute atomic E-state index is 0.0357. The molecule has 0 saturated heterocycles. The molecule has 1 saturated carbocycles. The van der Waals surface area contributed by atoms with Crippen LogP contribution in [-0.4, -0.2) is 26.8 Å². The van der Waals surface area contributed by atoms with Crippen LogP contribution in [0.25, 0.3) is 0 Å². The van der Waals surface area contributed by atoms with E-state index in [9.17, 15) is 4.79 Å². The van der Waals surface area contributed by atoms with Crippen molar-refractivity contribution in [2.75, 3.05) is 20.8 Å². The number of hydrogen-bond donors (Lipinski definition) is 0. The van der Waals surface area contributed by atoms with Gasteiger partial charge in [0.25, 0.3) is 0 Å². The van der Waals surface area contributed by atoms with Gasteiger partial charge in [-0.3, -0.25) is 4.79 Å². The zero-order valence-electron chi connectivity index (χ0n) is 10.6. The van der Waals surface area contributed by atoms with E-state index in [0.717, 1.165) is 32.1 Å². The molecule has 16 heavy (non-hydrogen) atoms.